The van der Waals surface area contributed by atoms with Crippen molar-refractivity contribution in [3.8, 4) is 5.75 Å². The third-order valence-electron chi connectivity index (χ3n) is 6.78. The van der Waals surface area contributed by atoms with Crippen molar-refractivity contribution in [1.82, 2.24) is 25.3 Å². The normalized spacial score (nSPS) is 12.9. The second-order valence-electron chi connectivity index (χ2n) is 10.0. The highest BCUT2D eigenvalue weighted by Gasteiger charge is 2.46. The van der Waals surface area contributed by atoms with E-state index in [2.05, 4.69) is 30.6 Å². The maximum Gasteiger partial charge on any atom is 0.334 e. The first-order valence-electron chi connectivity index (χ1n) is 13.5. The monoisotopic (exact) mass is 618 g/mol. The molecule has 0 spiro atoms. The van der Waals surface area contributed by atoms with Gasteiger partial charge in [0.05, 0.1) is 31.6 Å². The number of carboxylic acids is 1. The van der Waals surface area contributed by atoms with Crippen molar-refractivity contribution < 1.29 is 34.1 Å². The van der Waals surface area contributed by atoms with Crippen LogP contribution in [0.25, 0.3) is 11.2 Å². The molecule has 1 amide bonds. The maximum absolute atomic E-state index is 13.7. The third kappa shape index (κ3) is 7.74. The summed E-state index contributed by atoms with van der Waals surface area (Å²) >= 11 is 0. The van der Waals surface area contributed by atoms with Gasteiger partial charge in [-0.05, 0) is 48.4 Å². The molecule has 2 aromatic heterocycles. The number of carbonyl (C=O) groups excluding carboxylic acids is 3. The second-order valence-corrected chi connectivity index (χ2v) is 10.0. The molecule has 0 aliphatic rings. The Morgan fingerprint density at radius 2 is 1.76 bits per heavy atom. The number of phenols is 1. The van der Waals surface area contributed by atoms with Crippen LogP contribution in [0.15, 0.2) is 59.5 Å². The number of nitrogen functional groups attached to an aromatic ring is 1. The minimum Gasteiger partial charge on any atom is -0.508 e. The molecule has 16 heteroatoms. The van der Waals surface area contributed by atoms with Gasteiger partial charge >= 0.3 is 11.9 Å². The predicted octanol–water partition coefficient (Wildman–Crippen LogP) is 0.259. The largest absolute Gasteiger partial charge is 0.508 e. The molecule has 0 fully saturated rings. The van der Waals surface area contributed by atoms with Crippen molar-refractivity contribution in [3.05, 3.63) is 81.9 Å². The van der Waals surface area contributed by atoms with Gasteiger partial charge in [-0.15, -0.1) is 0 Å². The number of amides is 1. The smallest absolute Gasteiger partial charge is 0.334 e. The summed E-state index contributed by atoms with van der Waals surface area (Å²) in [6.07, 6.45) is 0.260. The molecule has 16 nitrogen and oxygen atoms in total. The van der Waals surface area contributed by atoms with E-state index in [-0.39, 0.29) is 47.8 Å². The number of carboxylic acid groups (broad SMARTS) is 1. The molecule has 0 bridgehead atoms. The summed E-state index contributed by atoms with van der Waals surface area (Å²) in [6, 6.07) is 10.3. The van der Waals surface area contributed by atoms with Crippen molar-refractivity contribution >= 4 is 46.4 Å². The third-order valence-corrected chi connectivity index (χ3v) is 6.78. The summed E-state index contributed by atoms with van der Waals surface area (Å²) < 4.78 is 4.79. The van der Waals surface area contributed by atoms with Gasteiger partial charge in [0.2, 0.25) is 5.95 Å². The summed E-state index contributed by atoms with van der Waals surface area (Å²) in [4.78, 5) is 77.6. The number of aromatic hydroxyl groups is 1. The number of aromatic nitrogens is 4. The van der Waals surface area contributed by atoms with Gasteiger partial charge < -0.3 is 37.1 Å². The van der Waals surface area contributed by atoms with Crippen LogP contribution in [0, 0.1) is 0 Å². The van der Waals surface area contributed by atoms with E-state index in [1.807, 2.05) is 0 Å². The van der Waals surface area contributed by atoms with Crippen LogP contribution in [0.3, 0.4) is 0 Å². The summed E-state index contributed by atoms with van der Waals surface area (Å²) in [7, 11) is 1.05. The number of phenolic OH excluding ortho intramolecular Hbond substituents is 1. The van der Waals surface area contributed by atoms with Crippen molar-refractivity contribution in [1.29, 1.82) is 0 Å². The fourth-order valence-electron chi connectivity index (χ4n) is 4.46. The summed E-state index contributed by atoms with van der Waals surface area (Å²) in [5.41, 5.74) is 10.7. The Labute approximate surface area is 254 Å². The van der Waals surface area contributed by atoms with Gasteiger partial charge in [-0.3, -0.25) is 24.2 Å². The van der Waals surface area contributed by atoms with E-state index in [9.17, 15) is 34.2 Å². The number of Topliss-reactive ketones (excluding diaryl/α,β-unsaturated/α-hetero) is 1. The highest BCUT2D eigenvalue weighted by molar-refractivity contribution is 6.12. The number of nitrogens with two attached hydrogens (primary N) is 2. The van der Waals surface area contributed by atoms with E-state index in [1.165, 1.54) is 42.6 Å². The number of fused-ring (bicyclic) bond motifs is 1. The van der Waals surface area contributed by atoms with Crippen LogP contribution in [-0.4, -0.2) is 72.5 Å². The van der Waals surface area contributed by atoms with Gasteiger partial charge in [-0.2, -0.15) is 4.98 Å². The molecule has 0 saturated carbocycles. The highest BCUT2D eigenvalue weighted by Crippen LogP contribution is 2.21. The standard InChI is InChI=1S/C29H30N8O8/c1-45-27(44)29(31,12-15-2-8-19(38)9-3-15)23(41)20(10-11-21(39)40)35-25(42)16-4-6-17(7-5-16)32-13-18-14-33-24-22(34-18)26(43)37-28(30)36-24/h2-9,14,20,32,38H,10-13,31H2,1H3,(H,35,42)(H,39,40)(H3,30,33,36,37,43)/t20-,29+/m0/s1. The summed E-state index contributed by atoms with van der Waals surface area (Å²) in [5.74, 6) is -4.07. The number of aromatic amines is 1. The zero-order chi connectivity index (χ0) is 32.7. The van der Waals surface area contributed by atoms with Crippen LogP contribution in [0.1, 0.15) is 34.5 Å². The van der Waals surface area contributed by atoms with Crippen LogP contribution in [0.5, 0.6) is 5.75 Å². The molecule has 45 heavy (non-hydrogen) atoms. The van der Waals surface area contributed by atoms with Crippen LogP contribution in [-0.2, 0) is 32.1 Å². The van der Waals surface area contributed by atoms with Crippen molar-refractivity contribution in [2.45, 2.75) is 37.4 Å². The Balaban J connectivity index is 1.48. The number of esters is 1. The molecule has 2 aromatic carbocycles. The van der Waals surface area contributed by atoms with Crippen LogP contribution >= 0.6 is 0 Å². The SMILES string of the molecule is COC(=O)[C@@](N)(Cc1ccc(O)cc1)C(=O)[C@H](CCC(=O)O)NC(=O)c1ccc(NCc2cnc3nc(N)[nH]c(=O)c3n2)cc1. The van der Waals surface area contributed by atoms with E-state index >= 15 is 0 Å². The Bertz CT molecular complexity index is 1790. The molecule has 234 valence electrons. The number of rotatable bonds is 13. The molecular formula is C29H30N8O8. The van der Waals surface area contributed by atoms with Gasteiger partial charge in [-0.1, -0.05) is 12.1 Å². The van der Waals surface area contributed by atoms with E-state index < -0.39 is 47.2 Å². The van der Waals surface area contributed by atoms with Gasteiger partial charge in [0.25, 0.3) is 11.5 Å². The van der Waals surface area contributed by atoms with E-state index in [0.29, 0.717) is 16.9 Å². The first-order chi connectivity index (χ1) is 21.4. The lowest BCUT2D eigenvalue weighted by Gasteiger charge is -2.30. The summed E-state index contributed by atoms with van der Waals surface area (Å²) in [6.45, 7) is 0.178. The number of hydrogen-bond donors (Lipinski definition) is 7. The molecule has 2 atom stereocenters. The Morgan fingerprint density at radius 1 is 1.07 bits per heavy atom. The number of hydrogen-bond acceptors (Lipinski definition) is 13. The number of H-pyrrole nitrogens is 1. The van der Waals surface area contributed by atoms with Gasteiger partial charge in [-0.25, -0.2) is 14.8 Å². The van der Waals surface area contributed by atoms with Crippen molar-refractivity contribution in [3.63, 3.8) is 0 Å². The quantitative estimate of drug-likeness (QED) is 0.0783. The topological polar surface area (TPSA) is 266 Å². The van der Waals surface area contributed by atoms with Crippen LogP contribution < -0.4 is 27.7 Å². The molecule has 0 saturated heterocycles. The van der Waals surface area contributed by atoms with Crippen LogP contribution in [0.4, 0.5) is 11.6 Å². The maximum atomic E-state index is 13.7. The summed E-state index contributed by atoms with van der Waals surface area (Å²) in [5, 5.41) is 24.4. The Hall–Kier alpha value is -5.90. The predicted molar refractivity (Wildman–Crippen MR) is 160 cm³/mol. The first kappa shape index (κ1) is 32.0. The molecule has 0 radical (unpaired) electrons. The number of carbonyl (C=O) groups is 4. The molecule has 0 aliphatic carbocycles. The first-order valence-corrected chi connectivity index (χ1v) is 13.5. The molecule has 2 heterocycles. The molecule has 4 rings (SSSR count). The van der Waals surface area contributed by atoms with Gasteiger partial charge in [0.1, 0.15) is 5.75 Å². The number of anilines is 2. The number of benzene rings is 2. The van der Waals surface area contributed by atoms with Crippen molar-refractivity contribution in [2.75, 3.05) is 18.2 Å². The highest BCUT2D eigenvalue weighted by atomic mass is 16.5. The van der Waals surface area contributed by atoms with Crippen LogP contribution in [0.2, 0.25) is 0 Å². The lowest BCUT2D eigenvalue weighted by atomic mass is 9.82. The lowest BCUT2D eigenvalue weighted by Crippen LogP contribution is -2.63. The number of aliphatic carboxylic acids is 1. The van der Waals surface area contributed by atoms with E-state index in [4.69, 9.17) is 16.2 Å². The second kappa shape index (κ2) is 13.6. The van der Waals surface area contributed by atoms with Gasteiger partial charge in [0.15, 0.2) is 22.5 Å². The van der Waals surface area contributed by atoms with Crippen molar-refractivity contribution in [2.24, 2.45) is 5.73 Å². The minimum atomic E-state index is -2.27. The lowest BCUT2D eigenvalue weighted by molar-refractivity contribution is -0.152. The zero-order valence-corrected chi connectivity index (χ0v) is 23.9. The minimum absolute atomic E-state index is 0.0271. The average molecular weight is 619 g/mol. The fraction of sp³-hybridized carbons (Fsp3) is 0.241. The molecule has 0 aliphatic heterocycles. The number of ketones is 1. The van der Waals surface area contributed by atoms with E-state index in [0.717, 1.165) is 7.11 Å². The Morgan fingerprint density at radius 3 is 2.40 bits per heavy atom. The van der Waals surface area contributed by atoms with Gasteiger partial charge in [0, 0.05) is 24.1 Å². The molecular weight excluding hydrogens is 588 g/mol. The number of nitrogens with zero attached hydrogens (tertiary/aromatic N) is 3. The molecule has 9 N–H and O–H groups in total. The number of methoxy groups -OCH3 is 1. The molecule has 0 unspecified atom stereocenters. The average Bonchev–Trinajstić information content (AvgIpc) is 3.02. The molecule has 4 aromatic rings. The number of ether oxygens (including phenoxy) is 1. The van der Waals surface area contributed by atoms with E-state index in [1.54, 1.807) is 12.1 Å². The fourth-order valence-corrected chi connectivity index (χ4v) is 4.46. The zero-order valence-electron chi connectivity index (χ0n) is 23.9. The Kier molecular flexibility index (Phi) is 9.68. The number of nitrogens with one attached hydrogen (secondary N) is 3.